The average molecular weight is 284 g/mol. The Kier molecular flexibility index (Phi) is 3.73. The maximum absolute atomic E-state index is 10.5. The minimum absolute atomic E-state index is 0.0484. The van der Waals surface area contributed by atoms with Gasteiger partial charge in [-0.3, -0.25) is 10.1 Å². The highest BCUT2D eigenvalue weighted by Gasteiger charge is 2.22. The average Bonchev–Trinajstić information content (AvgIpc) is 2.87. The molecular formula is C12H10ClNO5. The van der Waals surface area contributed by atoms with E-state index in [1.165, 1.54) is 25.3 Å². The summed E-state index contributed by atoms with van der Waals surface area (Å²) < 4.78 is 10.1. The zero-order valence-electron chi connectivity index (χ0n) is 9.87. The predicted molar refractivity (Wildman–Crippen MR) is 67.4 cm³/mol. The van der Waals surface area contributed by atoms with Crippen molar-refractivity contribution in [1.82, 2.24) is 0 Å². The van der Waals surface area contributed by atoms with E-state index >= 15 is 0 Å². The summed E-state index contributed by atoms with van der Waals surface area (Å²) in [5, 5.41) is 21.1. The van der Waals surface area contributed by atoms with Gasteiger partial charge >= 0.3 is 5.88 Å². The van der Waals surface area contributed by atoms with Crippen LogP contribution in [0.3, 0.4) is 0 Å². The molecule has 1 aromatic heterocycles. The monoisotopic (exact) mass is 283 g/mol. The topological polar surface area (TPSA) is 85.7 Å². The SMILES string of the molecule is COc1ccc(Cl)cc1C(O)c1ccc([N+](=O)[O-])o1. The van der Waals surface area contributed by atoms with Crippen LogP contribution in [0.25, 0.3) is 0 Å². The van der Waals surface area contributed by atoms with Gasteiger partial charge in [-0.1, -0.05) is 11.6 Å². The molecule has 0 aliphatic rings. The molecule has 1 atom stereocenters. The summed E-state index contributed by atoms with van der Waals surface area (Å²) >= 11 is 5.86. The third kappa shape index (κ3) is 2.69. The maximum Gasteiger partial charge on any atom is 0.433 e. The lowest BCUT2D eigenvalue weighted by atomic mass is 10.1. The molecular weight excluding hydrogens is 274 g/mol. The molecule has 0 amide bonds. The van der Waals surface area contributed by atoms with Crippen molar-refractivity contribution in [2.75, 3.05) is 7.11 Å². The van der Waals surface area contributed by atoms with Crippen molar-refractivity contribution < 1.29 is 19.2 Å². The van der Waals surface area contributed by atoms with Crippen molar-refractivity contribution in [3.8, 4) is 5.75 Å². The van der Waals surface area contributed by atoms with E-state index in [9.17, 15) is 15.2 Å². The van der Waals surface area contributed by atoms with Gasteiger partial charge in [0.15, 0.2) is 0 Å². The number of aliphatic hydroxyl groups is 1. The summed E-state index contributed by atoms with van der Waals surface area (Å²) in [7, 11) is 1.45. The molecule has 0 saturated heterocycles. The summed E-state index contributed by atoms with van der Waals surface area (Å²) in [6, 6.07) is 7.23. The molecule has 0 spiro atoms. The second-order valence-corrected chi connectivity index (χ2v) is 4.16. The molecule has 2 rings (SSSR count). The van der Waals surface area contributed by atoms with Crippen LogP contribution in [-0.4, -0.2) is 17.1 Å². The van der Waals surface area contributed by atoms with Gasteiger partial charge in [-0.2, -0.15) is 0 Å². The van der Waals surface area contributed by atoms with Gasteiger partial charge in [-0.25, -0.2) is 0 Å². The second kappa shape index (κ2) is 5.29. The van der Waals surface area contributed by atoms with Crippen molar-refractivity contribution in [3.05, 3.63) is 56.8 Å². The summed E-state index contributed by atoms with van der Waals surface area (Å²) in [6.07, 6.45) is -1.19. The number of aliphatic hydroxyl groups excluding tert-OH is 1. The van der Waals surface area contributed by atoms with Gasteiger partial charge in [0.25, 0.3) is 0 Å². The molecule has 0 radical (unpaired) electrons. The molecule has 1 unspecified atom stereocenters. The Morgan fingerprint density at radius 2 is 2.16 bits per heavy atom. The van der Waals surface area contributed by atoms with E-state index in [-0.39, 0.29) is 5.76 Å². The fourth-order valence-corrected chi connectivity index (χ4v) is 1.84. The number of methoxy groups -OCH3 is 1. The Labute approximate surface area is 113 Å². The molecule has 2 aromatic rings. The van der Waals surface area contributed by atoms with E-state index in [1.807, 2.05) is 0 Å². The van der Waals surface area contributed by atoms with Gasteiger partial charge in [0.05, 0.1) is 13.2 Å². The number of halogens is 1. The van der Waals surface area contributed by atoms with E-state index in [1.54, 1.807) is 12.1 Å². The molecule has 1 heterocycles. The highest BCUT2D eigenvalue weighted by atomic mass is 35.5. The first kappa shape index (κ1) is 13.4. The number of furan rings is 1. The molecule has 7 heteroatoms. The smallest absolute Gasteiger partial charge is 0.433 e. The van der Waals surface area contributed by atoms with Gasteiger partial charge in [0.2, 0.25) is 0 Å². The minimum Gasteiger partial charge on any atom is -0.496 e. The number of ether oxygens (including phenoxy) is 1. The largest absolute Gasteiger partial charge is 0.496 e. The van der Waals surface area contributed by atoms with Crippen molar-refractivity contribution in [3.63, 3.8) is 0 Å². The highest BCUT2D eigenvalue weighted by Crippen LogP contribution is 2.33. The molecule has 19 heavy (non-hydrogen) atoms. The van der Waals surface area contributed by atoms with Crippen LogP contribution in [0.5, 0.6) is 5.75 Å². The lowest BCUT2D eigenvalue weighted by Gasteiger charge is -2.12. The number of nitrogens with zero attached hydrogens (tertiary/aromatic N) is 1. The Bertz CT molecular complexity index is 610. The minimum atomic E-state index is -1.19. The number of rotatable bonds is 4. The van der Waals surface area contributed by atoms with E-state index in [0.717, 1.165) is 0 Å². The van der Waals surface area contributed by atoms with Crippen LogP contribution >= 0.6 is 11.6 Å². The molecule has 0 fully saturated rings. The Balaban J connectivity index is 2.39. The van der Waals surface area contributed by atoms with Gasteiger partial charge < -0.3 is 14.3 Å². The van der Waals surface area contributed by atoms with Gasteiger partial charge in [-0.05, 0) is 24.3 Å². The Hall–Kier alpha value is -2.05. The third-order valence-corrected chi connectivity index (χ3v) is 2.78. The second-order valence-electron chi connectivity index (χ2n) is 3.72. The van der Waals surface area contributed by atoms with Crippen molar-refractivity contribution in [2.24, 2.45) is 0 Å². The lowest BCUT2D eigenvalue weighted by Crippen LogP contribution is -2.01. The molecule has 0 aliphatic carbocycles. The molecule has 1 N–H and O–H groups in total. The fraction of sp³-hybridized carbons (Fsp3) is 0.167. The van der Waals surface area contributed by atoms with E-state index in [4.69, 9.17) is 20.8 Å². The maximum atomic E-state index is 10.5. The van der Waals surface area contributed by atoms with Gasteiger partial charge in [0, 0.05) is 10.6 Å². The molecule has 6 nitrogen and oxygen atoms in total. The first-order valence-electron chi connectivity index (χ1n) is 5.28. The summed E-state index contributed by atoms with van der Waals surface area (Å²) in [5.41, 5.74) is 0.374. The number of hydrogen-bond donors (Lipinski definition) is 1. The number of hydrogen-bond acceptors (Lipinski definition) is 5. The molecule has 0 bridgehead atoms. The van der Waals surface area contributed by atoms with Crippen molar-refractivity contribution in [1.29, 1.82) is 0 Å². The first-order chi connectivity index (χ1) is 9.02. The van der Waals surface area contributed by atoms with Crippen LogP contribution in [0.15, 0.2) is 34.7 Å². The van der Waals surface area contributed by atoms with Gasteiger partial charge in [-0.15, -0.1) is 0 Å². The van der Waals surface area contributed by atoms with E-state index in [2.05, 4.69) is 0 Å². The lowest BCUT2D eigenvalue weighted by molar-refractivity contribution is -0.402. The highest BCUT2D eigenvalue weighted by molar-refractivity contribution is 6.30. The van der Waals surface area contributed by atoms with Crippen LogP contribution in [0, 0.1) is 10.1 Å². The summed E-state index contributed by atoms with van der Waals surface area (Å²) in [4.78, 5) is 9.86. The standard InChI is InChI=1S/C12H10ClNO5/c1-18-9-3-2-7(13)6-8(9)12(15)10-4-5-11(19-10)14(16)17/h2-6,12,15H,1H3. The zero-order valence-corrected chi connectivity index (χ0v) is 10.6. The fourth-order valence-electron chi connectivity index (χ4n) is 1.66. The quantitative estimate of drug-likeness (QED) is 0.688. The van der Waals surface area contributed by atoms with Crippen LogP contribution < -0.4 is 4.74 Å². The van der Waals surface area contributed by atoms with Crippen LogP contribution in [0.2, 0.25) is 5.02 Å². The van der Waals surface area contributed by atoms with E-state index < -0.39 is 16.9 Å². The molecule has 0 saturated carbocycles. The van der Waals surface area contributed by atoms with Crippen molar-refractivity contribution >= 4 is 17.5 Å². The third-order valence-electron chi connectivity index (χ3n) is 2.55. The van der Waals surface area contributed by atoms with Crippen LogP contribution in [0.1, 0.15) is 17.4 Å². The number of benzene rings is 1. The Morgan fingerprint density at radius 1 is 1.42 bits per heavy atom. The van der Waals surface area contributed by atoms with Gasteiger partial charge in [0.1, 0.15) is 22.5 Å². The predicted octanol–water partition coefficient (Wildman–Crippen LogP) is 2.93. The summed E-state index contributed by atoms with van der Waals surface area (Å²) in [6.45, 7) is 0. The van der Waals surface area contributed by atoms with Crippen LogP contribution in [0.4, 0.5) is 5.88 Å². The van der Waals surface area contributed by atoms with E-state index in [0.29, 0.717) is 16.3 Å². The van der Waals surface area contributed by atoms with Crippen LogP contribution in [-0.2, 0) is 0 Å². The first-order valence-corrected chi connectivity index (χ1v) is 5.66. The zero-order chi connectivity index (χ0) is 14.0. The molecule has 0 aliphatic heterocycles. The summed E-state index contributed by atoms with van der Waals surface area (Å²) in [5.74, 6) is 0.0262. The number of nitro groups is 1. The Morgan fingerprint density at radius 3 is 2.74 bits per heavy atom. The molecule has 100 valence electrons. The van der Waals surface area contributed by atoms with Crippen molar-refractivity contribution in [2.45, 2.75) is 6.10 Å². The normalized spacial score (nSPS) is 12.2. The molecule has 1 aromatic carbocycles.